The van der Waals surface area contributed by atoms with Crippen LogP contribution >= 0.6 is 0 Å². The smallest absolute Gasteiger partial charge is 0.118 e. The molecule has 0 radical (unpaired) electrons. The van der Waals surface area contributed by atoms with E-state index in [1.807, 2.05) is 0 Å². The molecule has 1 aliphatic heterocycles. The highest BCUT2D eigenvalue weighted by atomic mass is 16.5. The number of furan rings is 1. The predicted molar refractivity (Wildman–Crippen MR) is 85.3 cm³/mol. The second kappa shape index (κ2) is 7.97. The number of rotatable bonds is 7. The van der Waals surface area contributed by atoms with E-state index in [4.69, 9.17) is 9.15 Å². The van der Waals surface area contributed by atoms with Crippen molar-refractivity contribution in [3.63, 3.8) is 0 Å². The lowest BCUT2D eigenvalue weighted by atomic mass is 10.00. The van der Waals surface area contributed by atoms with Crippen molar-refractivity contribution >= 4 is 0 Å². The summed E-state index contributed by atoms with van der Waals surface area (Å²) in [5.74, 6) is 2.86. The monoisotopic (exact) mass is 294 g/mol. The van der Waals surface area contributed by atoms with Gasteiger partial charge in [-0.25, -0.2) is 0 Å². The summed E-state index contributed by atoms with van der Waals surface area (Å²) in [4.78, 5) is 2.41. The van der Waals surface area contributed by atoms with Crippen molar-refractivity contribution in [2.75, 3.05) is 26.8 Å². The molecule has 0 atom stereocenters. The zero-order chi connectivity index (χ0) is 15.2. The standard InChI is InChI=1S/C17H30N2O2/c1-13(2)18-10-17-9-16(14(3)21-17)12-19(4)11-15-5-7-20-8-6-15/h9,13,15,18H,5-8,10-12H2,1-4H3. The van der Waals surface area contributed by atoms with Crippen LogP contribution in [0.25, 0.3) is 0 Å². The third-order valence-electron chi connectivity index (χ3n) is 4.11. The summed E-state index contributed by atoms with van der Waals surface area (Å²) in [5, 5.41) is 3.40. The quantitative estimate of drug-likeness (QED) is 0.839. The molecule has 21 heavy (non-hydrogen) atoms. The van der Waals surface area contributed by atoms with Crippen LogP contribution in [0.2, 0.25) is 0 Å². The Kier molecular flexibility index (Phi) is 6.27. The molecule has 4 nitrogen and oxygen atoms in total. The third kappa shape index (κ3) is 5.46. The predicted octanol–water partition coefficient (Wildman–Crippen LogP) is 2.94. The Labute approximate surface area is 128 Å². The fourth-order valence-corrected chi connectivity index (χ4v) is 2.86. The number of ether oxygens (including phenoxy) is 1. The van der Waals surface area contributed by atoms with E-state index in [0.717, 1.165) is 50.3 Å². The summed E-state index contributed by atoms with van der Waals surface area (Å²) in [6, 6.07) is 2.68. The SMILES string of the molecule is Cc1oc(CNC(C)C)cc1CN(C)CC1CCOCC1. The Morgan fingerprint density at radius 2 is 2.05 bits per heavy atom. The average molecular weight is 294 g/mol. The van der Waals surface area contributed by atoms with Gasteiger partial charge in [0.05, 0.1) is 6.54 Å². The first-order valence-corrected chi connectivity index (χ1v) is 8.12. The second-order valence-electron chi connectivity index (χ2n) is 6.58. The second-order valence-corrected chi connectivity index (χ2v) is 6.58. The Morgan fingerprint density at radius 1 is 1.33 bits per heavy atom. The van der Waals surface area contributed by atoms with Gasteiger partial charge in [-0.15, -0.1) is 0 Å². The maximum Gasteiger partial charge on any atom is 0.118 e. The van der Waals surface area contributed by atoms with Crippen LogP contribution in [0.5, 0.6) is 0 Å². The van der Waals surface area contributed by atoms with Gasteiger partial charge in [-0.05, 0) is 38.8 Å². The van der Waals surface area contributed by atoms with Gasteiger partial charge in [-0.3, -0.25) is 0 Å². The Morgan fingerprint density at radius 3 is 2.71 bits per heavy atom. The summed E-state index contributed by atoms with van der Waals surface area (Å²) >= 11 is 0. The van der Waals surface area contributed by atoms with Crippen molar-refractivity contribution in [2.24, 2.45) is 5.92 Å². The van der Waals surface area contributed by atoms with Crippen LogP contribution in [0.15, 0.2) is 10.5 Å². The van der Waals surface area contributed by atoms with E-state index in [-0.39, 0.29) is 0 Å². The molecular weight excluding hydrogens is 264 g/mol. The first-order valence-electron chi connectivity index (χ1n) is 8.12. The topological polar surface area (TPSA) is 37.6 Å². The zero-order valence-corrected chi connectivity index (χ0v) is 13.9. The molecule has 2 heterocycles. The molecule has 0 aliphatic carbocycles. The normalized spacial score (nSPS) is 17.0. The van der Waals surface area contributed by atoms with Gasteiger partial charge in [-0.2, -0.15) is 0 Å². The molecule has 0 amide bonds. The van der Waals surface area contributed by atoms with E-state index < -0.39 is 0 Å². The molecule has 0 aromatic carbocycles. The van der Waals surface area contributed by atoms with Gasteiger partial charge in [0, 0.05) is 37.9 Å². The maximum absolute atomic E-state index is 5.85. The molecule has 0 spiro atoms. The lowest BCUT2D eigenvalue weighted by Gasteiger charge is -2.26. The van der Waals surface area contributed by atoms with Crippen LogP contribution < -0.4 is 5.32 Å². The van der Waals surface area contributed by atoms with Gasteiger partial charge in [0.1, 0.15) is 11.5 Å². The molecule has 4 heteroatoms. The molecule has 1 fully saturated rings. The highest BCUT2D eigenvalue weighted by Gasteiger charge is 2.17. The zero-order valence-electron chi connectivity index (χ0n) is 13.9. The maximum atomic E-state index is 5.85. The summed E-state index contributed by atoms with van der Waals surface area (Å²) in [6.07, 6.45) is 2.39. The van der Waals surface area contributed by atoms with Gasteiger partial charge in [0.25, 0.3) is 0 Å². The van der Waals surface area contributed by atoms with E-state index in [9.17, 15) is 0 Å². The number of hydrogen-bond acceptors (Lipinski definition) is 4. The lowest BCUT2D eigenvalue weighted by Crippen LogP contribution is -2.29. The molecule has 1 aromatic rings. The van der Waals surface area contributed by atoms with Crippen molar-refractivity contribution in [3.8, 4) is 0 Å². The largest absolute Gasteiger partial charge is 0.465 e. The van der Waals surface area contributed by atoms with E-state index in [2.05, 4.69) is 44.1 Å². The molecule has 120 valence electrons. The highest BCUT2D eigenvalue weighted by Crippen LogP contribution is 2.19. The number of aryl methyl sites for hydroxylation is 1. The third-order valence-corrected chi connectivity index (χ3v) is 4.11. The molecule has 1 saturated heterocycles. The van der Waals surface area contributed by atoms with Gasteiger partial charge >= 0.3 is 0 Å². The summed E-state index contributed by atoms with van der Waals surface area (Å²) < 4.78 is 11.3. The van der Waals surface area contributed by atoms with Gasteiger partial charge in [-0.1, -0.05) is 13.8 Å². The fraction of sp³-hybridized carbons (Fsp3) is 0.765. The Bertz CT molecular complexity index is 422. The summed E-state index contributed by atoms with van der Waals surface area (Å²) in [5.41, 5.74) is 1.31. The number of nitrogens with one attached hydrogen (secondary N) is 1. The van der Waals surface area contributed by atoms with Crippen molar-refractivity contribution in [1.29, 1.82) is 0 Å². The van der Waals surface area contributed by atoms with Crippen molar-refractivity contribution in [1.82, 2.24) is 10.2 Å². The van der Waals surface area contributed by atoms with Crippen LogP contribution in [-0.4, -0.2) is 37.7 Å². The van der Waals surface area contributed by atoms with E-state index >= 15 is 0 Å². The van der Waals surface area contributed by atoms with Gasteiger partial charge in [0.15, 0.2) is 0 Å². The number of hydrogen-bond donors (Lipinski definition) is 1. The number of nitrogens with zero attached hydrogens (tertiary/aromatic N) is 1. The van der Waals surface area contributed by atoms with Crippen molar-refractivity contribution in [2.45, 2.75) is 52.7 Å². The van der Waals surface area contributed by atoms with E-state index in [1.54, 1.807) is 0 Å². The summed E-state index contributed by atoms with van der Waals surface area (Å²) in [7, 11) is 2.20. The molecule has 1 N–H and O–H groups in total. The van der Waals surface area contributed by atoms with Crippen LogP contribution in [0, 0.1) is 12.8 Å². The minimum absolute atomic E-state index is 0.482. The fourth-order valence-electron chi connectivity index (χ4n) is 2.86. The highest BCUT2D eigenvalue weighted by molar-refractivity contribution is 5.20. The van der Waals surface area contributed by atoms with Crippen molar-refractivity contribution < 1.29 is 9.15 Å². The summed E-state index contributed by atoms with van der Waals surface area (Å²) in [6.45, 7) is 11.1. The lowest BCUT2D eigenvalue weighted by molar-refractivity contribution is 0.0549. The minimum Gasteiger partial charge on any atom is -0.465 e. The molecular formula is C17H30N2O2. The first-order chi connectivity index (χ1) is 10.0. The van der Waals surface area contributed by atoms with Crippen LogP contribution in [0.1, 0.15) is 43.8 Å². The average Bonchev–Trinajstić information content (AvgIpc) is 2.78. The molecule has 0 unspecified atom stereocenters. The Hall–Kier alpha value is -0.840. The molecule has 2 rings (SSSR count). The Balaban J connectivity index is 1.83. The minimum atomic E-state index is 0.482. The van der Waals surface area contributed by atoms with Crippen molar-refractivity contribution in [3.05, 3.63) is 23.2 Å². The van der Waals surface area contributed by atoms with Crippen LogP contribution in [0.3, 0.4) is 0 Å². The molecule has 1 aliphatic rings. The molecule has 0 saturated carbocycles. The van der Waals surface area contributed by atoms with Gasteiger partial charge in [0.2, 0.25) is 0 Å². The van der Waals surface area contributed by atoms with Crippen LogP contribution in [0.4, 0.5) is 0 Å². The molecule has 1 aromatic heterocycles. The first kappa shape index (κ1) is 16.5. The van der Waals surface area contributed by atoms with Gasteiger partial charge < -0.3 is 19.4 Å². The molecule has 0 bridgehead atoms. The van der Waals surface area contributed by atoms with E-state index in [1.165, 1.54) is 18.4 Å². The van der Waals surface area contributed by atoms with E-state index in [0.29, 0.717) is 6.04 Å². The van der Waals surface area contributed by atoms with Crippen LogP contribution in [-0.2, 0) is 17.8 Å².